The molecule has 2 aromatic rings. The Bertz CT molecular complexity index is 1000. The van der Waals surface area contributed by atoms with Crippen molar-refractivity contribution >= 4 is 27.7 Å². The van der Waals surface area contributed by atoms with E-state index in [-0.39, 0.29) is 16.4 Å². The molecule has 1 saturated heterocycles. The van der Waals surface area contributed by atoms with Crippen LogP contribution in [-0.4, -0.2) is 51.1 Å². The topological polar surface area (TPSA) is 75.7 Å². The van der Waals surface area contributed by atoms with E-state index in [9.17, 15) is 13.2 Å². The van der Waals surface area contributed by atoms with E-state index < -0.39 is 10.0 Å². The van der Waals surface area contributed by atoms with Crippen LogP contribution in [0.5, 0.6) is 5.75 Å². The maximum atomic E-state index is 13.0. The van der Waals surface area contributed by atoms with Crippen LogP contribution in [0.3, 0.4) is 0 Å². The fourth-order valence-electron chi connectivity index (χ4n) is 3.57. The molecule has 2 aromatic carbocycles. The molecule has 0 unspecified atom stereocenters. The summed E-state index contributed by atoms with van der Waals surface area (Å²) in [7, 11) is -2.14. The van der Waals surface area contributed by atoms with E-state index in [1.54, 1.807) is 17.8 Å². The third-order valence-corrected chi connectivity index (χ3v) is 8.32. The van der Waals surface area contributed by atoms with Crippen molar-refractivity contribution in [3.63, 3.8) is 0 Å². The van der Waals surface area contributed by atoms with Crippen LogP contribution in [0, 0.1) is 6.92 Å². The van der Waals surface area contributed by atoms with E-state index in [0.29, 0.717) is 25.4 Å². The number of methoxy groups -OCH3 is 1. The number of carbonyl (C=O) groups is 1. The van der Waals surface area contributed by atoms with Crippen molar-refractivity contribution in [2.75, 3.05) is 32.5 Å². The molecule has 0 saturated carbocycles. The molecule has 0 aliphatic carbocycles. The summed E-state index contributed by atoms with van der Waals surface area (Å²) in [6.45, 7) is 3.62. The number of sulfonamides is 1. The number of hydrogen-bond donors (Lipinski definition) is 1. The molecule has 6 nitrogen and oxygen atoms in total. The van der Waals surface area contributed by atoms with Crippen molar-refractivity contribution < 1.29 is 17.9 Å². The molecule has 3 rings (SSSR count). The van der Waals surface area contributed by atoms with Crippen LogP contribution in [0.15, 0.2) is 47.4 Å². The Balaban J connectivity index is 1.61. The van der Waals surface area contributed by atoms with Gasteiger partial charge < -0.3 is 10.1 Å². The van der Waals surface area contributed by atoms with Crippen LogP contribution in [0.2, 0.25) is 0 Å². The molecule has 1 aliphatic heterocycles. The molecular weight excluding hydrogens is 432 g/mol. The number of carbonyl (C=O) groups excluding carboxylic acids is 1. The molecule has 0 bridgehead atoms. The van der Waals surface area contributed by atoms with Crippen LogP contribution in [0.25, 0.3) is 0 Å². The van der Waals surface area contributed by atoms with Gasteiger partial charge >= 0.3 is 0 Å². The Hall–Kier alpha value is -2.03. The van der Waals surface area contributed by atoms with Crippen molar-refractivity contribution in [2.45, 2.75) is 36.8 Å². The minimum absolute atomic E-state index is 0.134. The highest BCUT2D eigenvalue weighted by molar-refractivity contribution is 7.98. The zero-order valence-electron chi connectivity index (χ0n) is 18.1. The molecule has 8 heteroatoms. The fraction of sp³-hybridized carbons (Fsp3) is 0.435. The van der Waals surface area contributed by atoms with E-state index in [2.05, 4.69) is 24.4 Å². The first-order valence-corrected chi connectivity index (χ1v) is 13.1. The Morgan fingerprint density at radius 2 is 1.87 bits per heavy atom. The lowest BCUT2D eigenvalue weighted by Gasteiger charge is -2.26. The molecule has 1 aliphatic rings. The van der Waals surface area contributed by atoms with Crippen LogP contribution >= 0.6 is 11.8 Å². The summed E-state index contributed by atoms with van der Waals surface area (Å²) in [6.07, 6.45) is 2.77. The Morgan fingerprint density at radius 1 is 1.13 bits per heavy atom. The van der Waals surface area contributed by atoms with E-state index in [0.717, 1.165) is 30.8 Å². The maximum absolute atomic E-state index is 13.0. The smallest absolute Gasteiger partial charge is 0.255 e. The predicted octanol–water partition coefficient (Wildman–Crippen LogP) is 3.84. The third kappa shape index (κ3) is 6.02. The summed E-state index contributed by atoms with van der Waals surface area (Å²) in [5.74, 6) is 1.68. The first kappa shape index (κ1) is 23.6. The summed E-state index contributed by atoms with van der Waals surface area (Å²) < 4.78 is 32.8. The second-order valence-corrected chi connectivity index (χ2v) is 10.6. The molecule has 0 aromatic heterocycles. The van der Waals surface area contributed by atoms with Gasteiger partial charge in [-0.2, -0.15) is 16.1 Å². The summed E-state index contributed by atoms with van der Waals surface area (Å²) in [4.78, 5) is 12.9. The van der Waals surface area contributed by atoms with Gasteiger partial charge in [-0.05, 0) is 49.1 Å². The molecular formula is C23H30N2O4S2. The van der Waals surface area contributed by atoms with E-state index in [1.165, 1.54) is 34.7 Å². The third-order valence-electron chi connectivity index (χ3n) is 5.42. The zero-order valence-corrected chi connectivity index (χ0v) is 19.7. The van der Waals surface area contributed by atoms with Gasteiger partial charge in [-0.15, -0.1) is 0 Å². The number of amides is 1. The van der Waals surface area contributed by atoms with Crippen molar-refractivity contribution in [3.8, 4) is 5.75 Å². The highest BCUT2D eigenvalue weighted by Crippen LogP contribution is 2.26. The number of benzene rings is 2. The average Bonchev–Trinajstić information content (AvgIpc) is 2.80. The van der Waals surface area contributed by atoms with Gasteiger partial charge in [-0.1, -0.05) is 30.7 Å². The molecule has 168 valence electrons. The van der Waals surface area contributed by atoms with E-state index in [4.69, 9.17) is 4.74 Å². The molecule has 31 heavy (non-hydrogen) atoms. The number of aryl methyl sites for hydroxylation is 1. The highest BCUT2D eigenvalue weighted by Gasteiger charge is 2.27. The van der Waals surface area contributed by atoms with Crippen LogP contribution in [-0.2, 0) is 15.8 Å². The molecule has 0 atom stereocenters. The van der Waals surface area contributed by atoms with Gasteiger partial charge in [-0.3, -0.25) is 4.79 Å². The molecule has 1 fully saturated rings. The van der Waals surface area contributed by atoms with Gasteiger partial charge in [-0.25, -0.2) is 8.42 Å². The van der Waals surface area contributed by atoms with E-state index in [1.807, 2.05) is 12.1 Å². The summed E-state index contributed by atoms with van der Waals surface area (Å²) >= 11 is 1.75. The largest absolute Gasteiger partial charge is 0.496 e. The standard InChI is InChI=1S/C23H30N2O4S2/c1-18-8-4-5-9-19(18)17-30-15-12-24-23(26)21-16-20(10-11-22(21)29-2)31(27,28)25-13-6-3-7-14-25/h4-5,8-11,16H,3,6-7,12-15,17H2,1-2H3,(H,24,26). The predicted molar refractivity (Wildman–Crippen MR) is 125 cm³/mol. The van der Waals surface area contributed by atoms with Crippen LogP contribution in [0.4, 0.5) is 0 Å². The average molecular weight is 463 g/mol. The highest BCUT2D eigenvalue weighted by atomic mass is 32.2. The first-order valence-electron chi connectivity index (χ1n) is 10.5. The number of hydrogen-bond acceptors (Lipinski definition) is 5. The minimum Gasteiger partial charge on any atom is -0.496 e. The van der Waals surface area contributed by atoms with Gasteiger partial charge in [0.15, 0.2) is 0 Å². The van der Waals surface area contributed by atoms with Crippen molar-refractivity contribution in [1.29, 1.82) is 0 Å². The van der Waals surface area contributed by atoms with Crippen molar-refractivity contribution in [2.24, 2.45) is 0 Å². The van der Waals surface area contributed by atoms with Crippen LogP contribution < -0.4 is 10.1 Å². The second kappa shape index (κ2) is 11.0. The lowest BCUT2D eigenvalue weighted by molar-refractivity contribution is 0.0953. The number of piperidine rings is 1. The summed E-state index contributed by atoms with van der Waals surface area (Å²) in [6, 6.07) is 12.8. The zero-order chi connectivity index (χ0) is 22.3. The normalized spacial score (nSPS) is 14.9. The number of nitrogens with one attached hydrogen (secondary N) is 1. The van der Waals surface area contributed by atoms with E-state index >= 15 is 0 Å². The Kier molecular flexibility index (Phi) is 8.40. The second-order valence-electron chi connectivity index (χ2n) is 7.56. The lowest BCUT2D eigenvalue weighted by atomic mass is 10.1. The SMILES string of the molecule is COc1ccc(S(=O)(=O)N2CCCCC2)cc1C(=O)NCCSCc1ccccc1C. The quantitative estimate of drug-likeness (QED) is 0.573. The minimum atomic E-state index is -3.61. The maximum Gasteiger partial charge on any atom is 0.255 e. The number of nitrogens with zero attached hydrogens (tertiary/aromatic N) is 1. The van der Waals surface area contributed by atoms with Gasteiger partial charge in [0.2, 0.25) is 10.0 Å². The summed E-state index contributed by atoms with van der Waals surface area (Å²) in [5.41, 5.74) is 2.79. The van der Waals surface area contributed by atoms with Crippen LogP contribution in [0.1, 0.15) is 40.7 Å². The molecule has 1 N–H and O–H groups in total. The van der Waals surface area contributed by atoms with Gasteiger partial charge in [0.25, 0.3) is 5.91 Å². The number of rotatable bonds is 9. The first-order chi connectivity index (χ1) is 14.9. The Labute approximate surface area is 189 Å². The lowest BCUT2D eigenvalue weighted by Crippen LogP contribution is -2.35. The number of ether oxygens (including phenoxy) is 1. The van der Waals surface area contributed by atoms with Gasteiger partial charge in [0, 0.05) is 31.1 Å². The van der Waals surface area contributed by atoms with Gasteiger partial charge in [0.05, 0.1) is 17.6 Å². The van der Waals surface area contributed by atoms with Crippen molar-refractivity contribution in [1.82, 2.24) is 9.62 Å². The molecule has 1 heterocycles. The Morgan fingerprint density at radius 3 is 2.58 bits per heavy atom. The fourth-order valence-corrected chi connectivity index (χ4v) is 6.04. The van der Waals surface area contributed by atoms with Gasteiger partial charge in [0.1, 0.15) is 5.75 Å². The molecule has 1 amide bonds. The summed E-state index contributed by atoms with van der Waals surface area (Å²) in [5, 5.41) is 2.88. The number of thioether (sulfide) groups is 1. The molecule has 0 spiro atoms. The van der Waals surface area contributed by atoms with Crippen molar-refractivity contribution in [3.05, 3.63) is 59.2 Å². The monoisotopic (exact) mass is 462 g/mol. The molecule has 0 radical (unpaired) electrons.